The summed E-state index contributed by atoms with van der Waals surface area (Å²) in [6.07, 6.45) is 2.19. The first-order valence-corrected chi connectivity index (χ1v) is 7.89. The Labute approximate surface area is 138 Å². The number of amides is 1. The van der Waals surface area contributed by atoms with Crippen molar-refractivity contribution in [2.75, 3.05) is 13.2 Å². The van der Waals surface area contributed by atoms with Crippen LogP contribution in [0.25, 0.3) is 5.69 Å². The molecule has 0 unspecified atom stereocenters. The van der Waals surface area contributed by atoms with E-state index in [1.54, 1.807) is 6.92 Å². The number of ether oxygens (including phenoxy) is 1. The zero-order chi connectivity index (χ0) is 17.1. The Kier molecular flexibility index (Phi) is 4.59. The van der Waals surface area contributed by atoms with Crippen molar-refractivity contribution in [1.29, 1.82) is 0 Å². The van der Waals surface area contributed by atoms with Gasteiger partial charge in [0.2, 0.25) is 11.3 Å². The van der Waals surface area contributed by atoms with Crippen LogP contribution in [-0.2, 0) is 0 Å². The molecule has 126 valence electrons. The van der Waals surface area contributed by atoms with Crippen molar-refractivity contribution in [3.05, 3.63) is 52.1 Å². The Morgan fingerprint density at radius 1 is 1.38 bits per heavy atom. The van der Waals surface area contributed by atoms with Crippen LogP contribution < -0.4 is 15.5 Å². The van der Waals surface area contributed by atoms with Crippen LogP contribution in [0.3, 0.4) is 0 Å². The van der Waals surface area contributed by atoms with Crippen molar-refractivity contribution in [2.45, 2.75) is 19.8 Å². The Morgan fingerprint density at radius 3 is 2.71 bits per heavy atom. The molecule has 3 rings (SSSR count). The maximum absolute atomic E-state index is 13.1. The molecule has 0 atom stereocenters. The van der Waals surface area contributed by atoms with Gasteiger partial charge in [0.25, 0.3) is 5.91 Å². The van der Waals surface area contributed by atoms with Gasteiger partial charge in [0.15, 0.2) is 5.69 Å². The highest BCUT2D eigenvalue weighted by Crippen LogP contribution is 2.27. The van der Waals surface area contributed by atoms with E-state index in [4.69, 9.17) is 4.74 Å². The fraction of sp³-hybridized carbons (Fsp3) is 0.353. The first-order chi connectivity index (χ1) is 11.6. The quantitative estimate of drug-likeness (QED) is 0.877. The molecule has 0 radical (unpaired) electrons. The topological polar surface area (TPSA) is 73.2 Å². The van der Waals surface area contributed by atoms with Gasteiger partial charge in [-0.15, -0.1) is 0 Å². The molecule has 1 saturated carbocycles. The summed E-state index contributed by atoms with van der Waals surface area (Å²) in [7, 11) is 0. The summed E-state index contributed by atoms with van der Waals surface area (Å²) in [6, 6.07) is 6.78. The molecule has 1 aliphatic rings. The van der Waals surface area contributed by atoms with E-state index >= 15 is 0 Å². The lowest BCUT2D eigenvalue weighted by molar-refractivity contribution is 0.0943. The van der Waals surface area contributed by atoms with Gasteiger partial charge in [-0.2, -0.15) is 5.10 Å². The summed E-state index contributed by atoms with van der Waals surface area (Å²) >= 11 is 0. The molecular weight excluding hydrogens is 313 g/mol. The van der Waals surface area contributed by atoms with Gasteiger partial charge in [-0.3, -0.25) is 9.59 Å². The molecule has 1 fully saturated rings. The van der Waals surface area contributed by atoms with Crippen LogP contribution in [0.4, 0.5) is 4.39 Å². The van der Waals surface area contributed by atoms with E-state index in [0.29, 0.717) is 24.8 Å². The summed E-state index contributed by atoms with van der Waals surface area (Å²) < 4.78 is 19.9. The molecule has 1 aliphatic carbocycles. The average molecular weight is 331 g/mol. The number of carbonyl (C=O) groups excluding carboxylic acids is 1. The van der Waals surface area contributed by atoms with Crippen LogP contribution in [0, 0.1) is 11.7 Å². The second-order valence-electron chi connectivity index (χ2n) is 5.67. The third kappa shape index (κ3) is 3.61. The summed E-state index contributed by atoms with van der Waals surface area (Å²) in [5.41, 5.74) is -0.218. The van der Waals surface area contributed by atoms with Crippen molar-refractivity contribution in [3.63, 3.8) is 0 Å². The monoisotopic (exact) mass is 331 g/mol. The van der Waals surface area contributed by atoms with Crippen LogP contribution in [0.5, 0.6) is 5.88 Å². The highest BCUT2D eigenvalue weighted by molar-refractivity contribution is 5.92. The fourth-order valence-corrected chi connectivity index (χ4v) is 2.26. The van der Waals surface area contributed by atoms with Gasteiger partial charge in [0, 0.05) is 6.54 Å². The lowest BCUT2D eigenvalue weighted by atomic mass is 10.3. The molecule has 0 saturated heterocycles. The van der Waals surface area contributed by atoms with Crippen LogP contribution >= 0.6 is 0 Å². The molecule has 7 heteroatoms. The van der Waals surface area contributed by atoms with E-state index < -0.39 is 11.3 Å². The fourth-order valence-electron chi connectivity index (χ4n) is 2.26. The standard InChI is InChI=1S/C17H18FN3O3/c1-2-24-15-9-14(22)16(17(23)19-10-11-3-4-11)20-21(15)13-7-5-12(18)6-8-13/h5-9,11H,2-4,10H2,1H3,(H,19,23). The molecule has 24 heavy (non-hydrogen) atoms. The highest BCUT2D eigenvalue weighted by Gasteiger charge is 2.23. The molecule has 1 amide bonds. The van der Waals surface area contributed by atoms with Crippen LogP contribution in [0.1, 0.15) is 30.3 Å². The number of benzene rings is 1. The minimum atomic E-state index is -0.509. The van der Waals surface area contributed by atoms with E-state index in [0.717, 1.165) is 12.8 Å². The molecule has 0 spiro atoms. The van der Waals surface area contributed by atoms with Crippen molar-refractivity contribution in [1.82, 2.24) is 15.1 Å². The number of carbonyl (C=O) groups is 1. The van der Waals surface area contributed by atoms with E-state index in [9.17, 15) is 14.0 Å². The van der Waals surface area contributed by atoms with Crippen molar-refractivity contribution < 1.29 is 13.9 Å². The first-order valence-electron chi connectivity index (χ1n) is 7.89. The number of nitrogens with one attached hydrogen (secondary N) is 1. The maximum Gasteiger partial charge on any atom is 0.275 e. The number of halogens is 1. The van der Waals surface area contributed by atoms with E-state index in [-0.39, 0.29) is 17.4 Å². The maximum atomic E-state index is 13.1. The van der Waals surface area contributed by atoms with Crippen LogP contribution in [0.15, 0.2) is 35.1 Å². The lowest BCUT2D eigenvalue weighted by Gasteiger charge is -2.13. The normalized spacial score (nSPS) is 13.6. The Morgan fingerprint density at radius 2 is 2.08 bits per heavy atom. The van der Waals surface area contributed by atoms with Gasteiger partial charge in [-0.25, -0.2) is 9.07 Å². The second kappa shape index (κ2) is 6.82. The minimum absolute atomic E-state index is 0.202. The smallest absolute Gasteiger partial charge is 0.275 e. The molecule has 6 nitrogen and oxygen atoms in total. The SMILES string of the molecule is CCOc1cc(=O)c(C(=O)NCC2CC2)nn1-c1ccc(F)cc1. The summed E-state index contributed by atoms with van der Waals surface area (Å²) in [4.78, 5) is 24.4. The first kappa shape index (κ1) is 16.2. The minimum Gasteiger partial charge on any atom is -0.478 e. The van der Waals surface area contributed by atoms with E-state index in [2.05, 4.69) is 10.4 Å². The zero-order valence-electron chi connectivity index (χ0n) is 13.3. The molecule has 0 aliphatic heterocycles. The molecule has 0 bridgehead atoms. The number of nitrogens with zero attached hydrogens (tertiary/aromatic N) is 2. The van der Waals surface area contributed by atoms with Crippen LogP contribution in [-0.4, -0.2) is 28.8 Å². The predicted octanol–water partition coefficient (Wildman–Crippen LogP) is 1.91. The van der Waals surface area contributed by atoms with E-state index in [1.807, 2.05) is 0 Å². The van der Waals surface area contributed by atoms with Gasteiger partial charge in [0.1, 0.15) is 5.82 Å². The molecule has 2 aromatic rings. The summed E-state index contributed by atoms with van der Waals surface area (Å²) in [5.74, 6) is -0.199. The third-order valence-corrected chi connectivity index (χ3v) is 3.72. The van der Waals surface area contributed by atoms with Gasteiger partial charge in [-0.05, 0) is 49.9 Å². The zero-order valence-corrected chi connectivity index (χ0v) is 13.3. The Bertz CT molecular complexity index is 798. The summed E-state index contributed by atoms with van der Waals surface area (Å²) in [6.45, 7) is 2.65. The van der Waals surface area contributed by atoms with Crippen LogP contribution in [0.2, 0.25) is 0 Å². The van der Waals surface area contributed by atoms with Crippen molar-refractivity contribution in [2.24, 2.45) is 5.92 Å². The predicted molar refractivity (Wildman–Crippen MR) is 86.0 cm³/mol. The number of hydrogen-bond acceptors (Lipinski definition) is 4. The van der Waals surface area contributed by atoms with Gasteiger partial charge in [0.05, 0.1) is 18.4 Å². The van der Waals surface area contributed by atoms with Crippen molar-refractivity contribution >= 4 is 5.91 Å². The van der Waals surface area contributed by atoms with Crippen molar-refractivity contribution in [3.8, 4) is 11.6 Å². The van der Waals surface area contributed by atoms with Gasteiger partial charge < -0.3 is 10.1 Å². The number of aromatic nitrogens is 2. The third-order valence-electron chi connectivity index (χ3n) is 3.72. The average Bonchev–Trinajstić information content (AvgIpc) is 3.38. The molecule has 1 N–H and O–H groups in total. The Balaban J connectivity index is 1.97. The molecule has 1 aromatic heterocycles. The number of hydrogen-bond donors (Lipinski definition) is 1. The van der Waals surface area contributed by atoms with Gasteiger partial charge >= 0.3 is 0 Å². The largest absolute Gasteiger partial charge is 0.478 e. The molecule has 1 aromatic carbocycles. The summed E-state index contributed by atoms with van der Waals surface area (Å²) in [5, 5.41) is 6.86. The van der Waals surface area contributed by atoms with E-state index in [1.165, 1.54) is 35.0 Å². The second-order valence-corrected chi connectivity index (χ2v) is 5.67. The lowest BCUT2D eigenvalue weighted by Crippen LogP contribution is -2.33. The highest BCUT2D eigenvalue weighted by atomic mass is 19.1. The molecule has 1 heterocycles. The Hall–Kier alpha value is -2.70. The molecular formula is C17H18FN3O3. The number of rotatable bonds is 6. The van der Waals surface area contributed by atoms with Gasteiger partial charge in [-0.1, -0.05) is 0 Å².